The highest BCUT2D eigenvalue weighted by Gasteiger charge is 2.33. The molecule has 7 heteroatoms. The molecule has 0 fully saturated rings. The van der Waals surface area contributed by atoms with E-state index in [9.17, 15) is 18.0 Å². The molecule has 0 saturated heterocycles. The van der Waals surface area contributed by atoms with E-state index in [1.54, 1.807) is 30.3 Å². The number of benzene rings is 2. The minimum Gasteiger partial charge on any atom is -0.326 e. The number of carbonyl (C=O) groups excluding carboxylic acids is 2. The first-order valence-electron chi connectivity index (χ1n) is 8.68. The van der Waals surface area contributed by atoms with Crippen LogP contribution < -0.4 is 10.0 Å². The molecule has 27 heavy (non-hydrogen) atoms. The van der Waals surface area contributed by atoms with Gasteiger partial charge in [0.15, 0.2) is 0 Å². The Morgan fingerprint density at radius 3 is 2.63 bits per heavy atom. The van der Waals surface area contributed by atoms with Crippen LogP contribution >= 0.6 is 0 Å². The van der Waals surface area contributed by atoms with E-state index in [1.165, 1.54) is 0 Å². The van der Waals surface area contributed by atoms with Crippen LogP contribution in [0, 0.1) is 0 Å². The summed E-state index contributed by atoms with van der Waals surface area (Å²) in [7, 11) is -3.96. The van der Waals surface area contributed by atoms with Crippen LogP contribution in [0.4, 0.5) is 5.69 Å². The third-order valence-electron chi connectivity index (χ3n) is 4.91. The summed E-state index contributed by atoms with van der Waals surface area (Å²) in [4.78, 5) is 24.8. The lowest BCUT2D eigenvalue weighted by Gasteiger charge is -2.25. The highest BCUT2D eigenvalue weighted by molar-refractivity contribution is 7.94. The number of aryl methyl sites for hydroxylation is 1. The molecule has 2 amide bonds. The molecule has 2 aliphatic rings. The van der Waals surface area contributed by atoms with Gasteiger partial charge >= 0.3 is 0 Å². The van der Waals surface area contributed by atoms with Crippen molar-refractivity contribution in [2.24, 2.45) is 0 Å². The highest BCUT2D eigenvalue weighted by Crippen LogP contribution is 2.33. The first kappa shape index (κ1) is 17.5. The standard InChI is InChI=1S/C20H18N2O4S/c23-19-12-17(16-7-3-4-8-18(16)21-19)20(24)22-27(25,26)15-10-9-13-5-1-2-6-14(13)11-15/h1-8,11,17H,9-10,12H2,(H,21,23)(H,22,24). The molecule has 1 heterocycles. The Morgan fingerprint density at radius 2 is 1.78 bits per heavy atom. The van der Waals surface area contributed by atoms with Gasteiger partial charge in [-0.25, -0.2) is 13.1 Å². The molecule has 1 aliphatic carbocycles. The van der Waals surface area contributed by atoms with Crippen molar-refractivity contribution >= 4 is 33.6 Å². The van der Waals surface area contributed by atoms with Gasteiger partial charge in [-0.2, -0.15) is 0 Å². The lowest BCUT2D eigenvalue weighted by atomic mass is 9.90. The third kappa shape index (κ3) is 3.38. The number of hydrogen-bond acceptors (Lipinski definition) is 4. The molecular weight excluding hydrogens is 364 g/mol. The Morgan fingerprint density at radius 1 is 1.04 bits per heavy atom. The van der Waals surface area contributed by atoms with Gasteiger partial charge in [0, 0.05) is 12.1 Å². The normalized spacial score (nSPS) is 18.6. The minimum absolute atomic E-state index is 0.0831. The first-order valence-corrected chi connectivity index (χ1v) is 10.2. The molecule has 138 valence electrons. The van der Waals surface area contributed by atoms with Crippen molar-refractivity contribution < 1.29 is 18.0 Å². The Hall–Kier alpha value is -2.93. The van der Waals surface area contributed by atoms with Gasteiger partial charge in [-0.3, -0.25) is 9.59 Å². The molecule has 1 aliphatic heterocycles. The van der Waals surface area contributed by atoms with Gasteiger partial charge in [-0.1, -0.05) is 42.5 Å². The number of carbonyl (C=O) groups is 2. The van der Waals surface area contributed by atoms with Crippen molar-refractivity contribution in [1.82, 2.24) is 4.72 Å². The second-order valence-corrected chi connectivity index (χ2v) is 8.41. The van der Waals surface area contributed by atoms with Crippen molar-refractivity contribution in [1.29, 1.82) is 0 Å². The number of rotatable bonds is 3. The van der Waals surface area contributed by atoms with E-state index in [0.717, 1.165) is 11.1 Å². The molecule has 0 radical (unpaired) electrons. The topological polar surface area (TPSA) is 92.3 Å². The van der Waals surface area contributed by atoms with E-state index in [1.807, 2.05) is 24.3 Å². The molecular formula is C20H18N2O4S. The fourth-order valence-corrected chi connectivity index (χ4v) is 4.72. The van der Waals surface area contributed by atoms with Gasteiger partial charge in [-0.05, 0) is 41.7 Å². The van der Waals surface area contributed by atoms with Gasteiger partial charge in [0.2, 0.25) is 11.8 Å². The fourth-order valence-electron chi connectivity index (χ4n) is 3.53. The number of hydrogen-bond donors (Lipinski definition) is 2. The Bertz CT molecular complexity index is 1070. The van der Waals surface area contributed by atoms with Crippen molar-refractivity contribution in [3.63, 3.8) is 0 Å². The molecule has 1 unspecified atom stereocenters. The summed E-state index contributed by atoms with van der Waals surface area (Å²) in [5.41, 5.74) is 3.09. The van der Waals surface area contributed by atoms with Crippen molar-refractivity contribution in [2.75, 3.05) is 5.32 Å². The average molecular weight is 382 g/mol. The van der Waals surface area contributed by atoms with Crippen LogP contribution in [0.15, 0.2) is 53.4 Å². The van der Waals surface area contributed by atoms with Gasteiger partial charge < -0.3 is 5.32 Å². The predicted molar refractivity (Wildman–Crippen MR) is 102 cm³/mol. The number of amides is 2. The van der Waals surface area contributed by atoms with Gasteiger partial charge in [0.1, 0.15) is 0 Å². The van der Waals surface area contributed by atoms with Crippen LogP contribution in [0.2, 0.25) is 0 Å². The Balaban J connectivity index is 1.60. The minimum atomic E-state index is -3.96. The molecule has 4 rings (SSSR count). The zero-order valence-electron chi connectivity index (χ0n) is 14.4. The second kappa shape index (κ2) is 6.66. The maximum absolute atomic E-state index is 12.7. The van der Waals surface area contributed by atoms with E-state index in [-0.39, 0.29) is 17.2 Å². The zero-order chi connectivity index (χ0) is 19.0. The van der Waals surface area contributed by atoms with Crippen LogP contribution in [-0.4, -0.2) is 20.2 Å². The van der Waals surface area contributed by atoms with Crippen LogP contribution in [0.25, 0.3) is 6.08 Å². The van der Waals surface area contributed by atoms with E-state index < -0.39 is 21.8 Å². The number of fused-ring (bicyclic) bond motifs is 2. The summed E-state index contributed by atoms with van der Waals surface area (Å²) in [6, 6.07) is 14.5. The molecule has 0 bridgehead atoms. The molecule has 1 atom stereocenters. The van der Waals surface area contributed by atoms with Crippen LogP contribution in [0.5, 0.6) is 0 Å². The van der Waals surface area contributed by atoms with Gasteiger partial charge in [0.05, 0.1) is 10.8 Å². The van der Waals surface area contributed by atoms with E-state index in [2.05, 4.69) is 10.0 Å². The lowest BCUT2D eigenvalue weighted by Crippen LogP contribution is -2.39. The van der Waals surface area contributed by atoms with Gasteiger partial charge in [0.25, 0.3) is 10.0 Å². The maximum Gasteiger partial charge on any atom is 0.260 e. The first-order chi connectivity index (χ1) is 12.9. The summed E-state index contributed by atoms with van der Waals surface area (Å²) in [5.74, 6) is -1.82. The molecule has 0 spiro atoms. The van der Waals surface area contributed by atoms with Crippen LogP contribution in [0.1, 0.15) is 35.4 Å². The third-order valence-corrected chi connectivity index (χ3v) is 6.39. The van der Waals surface area contributed by atoms with Crippen LogP contribution in [-0.2, 0) is 26.0 Å². The highest BCUT2D eigenvalue weighted by atomic mass is 32.2. The maximum atomic E-state index is 12.7. The number of allylic oxidation sites excluding steroid dienone is 1. The monoisotopic (exact) mass is 382 g/mol. The van der Waals surface area contributed by atoms with Crippen molar-refractivity contribution in [3.05, 3.63) is 70.1 Å². The summed E-state index contributed by atoms with van der Waals surface area (Å²) < 4.78 is 27.7. The summed E-state index contributed by atoms with van der Waals surface area (Å²) in [6.45, 7) is 0. The molecule has 2 N–H and O–H groups in total. The van der Waals surface area contributed by atoms with E-state index in [0.29, 0.717) is 24.1 Å². The van der Waals surface area contributed by atoms with Crippen LogP contribution in [0.3, 0.4) is 0 Å². The zero-order valence-corrected chi connectivity index (χ0v) is 15.3. The number of para-hydroxylation sites is 1. The Labute approximate surface area is 157 Å². The Kier molecular flexibility index (Phi) is 4.31. The smallest absolute Gasteiger partial charge is 0.260 e. The number of anilines is 1. The summed E-state index contributed by atoms with van der Waals surface area (Å²) >= 11 is 0. The summed E-state index contributed by atoms with van der Waals surface area (Å²) in [6.07, 6.45) is 2.46. The largest absolute Gasteiger partial charge is 0.326 e. The quantitative estimate of drug-likeness (QED) is 0.853. The predicted octanol–water partition coefficient (Wildman–Crippen LogP) is 2.55. The van der Waals surface area contributed by atoms with Crippen molar-refractivity contribution in [2.45, 2.75) is 25.2 Å². The molecule has 0 aromatic heterocycles. The molecule has 0 saturated carbocycles. The van der Waals surface area contributed by atoms with E-state index >= 15 is 0 Å². The van der Waals surface area contributed by atoms with Crippen molar-refractivity contribution in [3.8, 4) is 0 Å². The molecule has 6 nitrogen and oxygen atoms in total. The van der Waals surface area contributed by atoms with Gasteiger partial charge in [-0.15, -0.1) is 0 Å². The SMILES string of the molecule is O=C1CC(C(=O)NS(=O)(=O)C2=Cc3ccccc3CC2)c2ccccc2N1. The second-order valence-electron chi connectivity index (χ2n) is 6.67. The number of sulfonamides is 1. The molecule has 2 aromatic carbocycles. The fraction of sp³-hybridized carbons (Fsp3) is 0.200. The lowest BCUT2D eigenvalue weighted by molar-refractivity contribution is -0.125. The number of nitrogens with one attached hydrogen (secondary N) is 2. The molecule has 2 aromatic rings. The van der Waals surface area contributed by atoms with E-state index in [4.69, 9.17) is 0 Å². The summed E-state index contributed by atoms with van der Waals surface area (Å²) in [5, 5.41) is 2.70. The average Bonchev–Trinajstić information content (AvgIpc) is 2.66.